The number of aliphatic imine (C=N–C) groups is 1. The molecule has 124 valence electrons. The van der Waals surface area contributed by atoms with Crippen LogP contribution in [0.2, 0.25) is 0 Å². The predicted molar refractivity (Wildman–Crippen MR) is 87.9 cm³/mol. The van der Waals surface area contributed by atoms with E-state index in [-0.39, 0.29) is 12.0 Å². The van der Waals surface area contributed by atoms with E-state index < -0.39 is 0 Å². The molecule has 0 aromatic heterocycles. The average molecular weight is 308 g/mol. The molecule has 1 amide bonds. The van der Waals surface area contributed by atoms with Crippen molar-refractivity contribution >= 4 is 11.9 Å². The number of nitrogens with zero attached hydrogens (tertiary/aromatic N) is 3. The zero-order valence-corrected chi connectivity index (χ0v) is 13.8. The molecular weight excluding hydrogens is 280 g/mol. The van der Waals surface area contributed by atoms with Crippen LogP contribution >= 0.6 is 0 Å². The van der Waals surface area contributed by atoms with Crippen LogP contribution in [0.3, 0.4) is 0 Å². The van der Waals surface area contributed by atoms with Crippen LogP contribution in [0.25, 0.3) is 0 Å². The molecule has 0 radical (unpaired) electrons. The lowest BCUT2D eigenvalue weighted by atomic mass is 10.2. The highest BCUT2D eigenvalue weighted by Crippen LogP contribution is 2.16. The Morgan fingerprint density at radius 3 is 2.64 bits per heavy atom. The lowest BCUT2D eigenvalue weighted by molar-refractivity contribution is -0.142. The Kier molecular flexibility index (Phi) is 6.71. The molecule has 22 heavy (non-hydrogen) atoms. The van der Waals surface area contributed by atoms with Crippen molar-refractivity contribution in [3.8, 4) is 0 Å². The van der Waals surface area contributed by atoms with Crippen LogP contribution < -0.4 is 5.32 Å². The largest absolute Gasteiger partial charge is 0.368 e. The van der Waals surface area contributed by atoms with Gasteiger partial charge in [-0.3, -0.25) is 9.79 Å². The molecule has 2 rings (SSSR count). The molecule has 1 unspecified atom stereocenters. The Labute approximate surface area is 133 Å². The molecule has 2 fully saturated rings. The van der Waals surface area contributed by atoms with Crippen molar-refractivity contribution in [2.45, 2.75) is 32.3 Å². The first kappa shape index (κ1) is 16.8. The molecule has 0 saturated carbocycles. The van der Waals surface area contributed by atoms with E-state index in [1.54, 1.807) is 0 Å². The number of piperazine rings is 1. The second-order valence-corrected chi connectivity index (χ2v) is 5.65. The number of hydrogen-bond acceptors (Lipinski definition) is 3. The molecule has 0 aromatic rings. The van der Waals surface area contributed by atoms with Crippen LogP contribution in [-0.4, -0.2) is 74.1 Å². The Morgan fingerprint density at radius 2 is 2.05 bits per heavy atom. The highest BCUT2D eigenvalue weighted by molar-refractivity contribution is 5.82. The fourth-order valence-electron chi connectivity index (χ4n) is 2.88. The molecular formula is C16H28N4O2. The van der Waals surface area contributed by atoms with E-state index in [9.17, 15) is 4.79 Å². The molecule has 2 heterocycles. The fourth-order valence-corrected chi connectivity index (χ4v) is 2.88. The maximum atomic E-state index is 12.3. The third-order valence-corrected chi connectivity index (χ3v) is 4.14. The first-order chi connectivity index (χ1) is 10.8. The van der Waals surface area contributed by atoms with Crippen LogP contribution in [0.5, 0.6) is 0 Å². The third-order valence-electron chi connectivity index (χ3n) is 4.14. The van der Waals surface area contributed by atoms with E-state index >= 15 is 0 Å². The number of amides is 1. The van der Waals surface area contributed by atoms with Crippen LogP contribution in [0.4, 0.5) is 0 Å². The van der Waals surface area contributed by atoms with Gasteiger partial charge in [0, 0.05) is 46.4 Å². The summed E-state index contributed by atoms with van der Waals surface area (Å²) in [6.45, 7) is 6.76. The summed E-state index contributed by atoms with van der Waals surface area (Å²) < 4.78 is 5.49. The summed E-state index contributed by atoms with van der Waals surface area (Å²) in [5.74, 6) is 1.09. The van der Waals surface area contributed by atoms with Crippen molar-refractivity contribution in [1.82, 2.24) is 15.1 Å². The van der Waals surface area contributed by atoms with Gasteiger partial charge in [-0.1, -0.05) is 12.2 Å². The predicted octanol–water partition coefficient (Wildman–Crippen LogP) is 0.851. The summed E-state index contributed by atoms with van der Waals surface area (Å²) >= 11 is 0. The van der Waals surface area contributed by atoms with Gasteiger partial charge in [0.1, 0.15) is 6.10 Å². The maximum absolute atomic E-state index is 12.3. The fraction of sp³-hybridized carbons (Fsp3) is 0.750. The van der Waals surface area contributed by atoms with Gasteiger partial charge in [-0.15, -0.1) is 0 Å². The van der Waals surface area contributed by atoms with Crippen molar-refractivity contribution in [3.05, 3.63) is 12.2 Å². The van der Waals surface area contributed by atoms with Crippen molar-refractivity contribution in [3.63, 3.8) is 0 Å². The number of ether oxygens (including phenoxy) is 1. The molecule has 2 aliphatic rings. The average Bonchev–Trinajstić information content (AvgIpc) is 3.09. The zero-order valence-electron chi connectivity index (χ0n) is 13.8. The lowest BCUT2D eigenvalue weighted by Crippen LogP contribution is -2.55. The van der Waals surface area contributed by atoms with Gasteiger partial charge in [0.15, 0.2) is 5.96 Å². The first-order valence-corrected chi connectivity index (χ1v) is 8.23. The van der Waals surface area contributed by atoms with E-state index in [0.717, 1.165) is 64.6 Å². The van der Waals surface area contributed by atoms with Gasteiger partial charge < -0.3 is 19.9 Å². The van der Waals surface area contributed by atoms with E-state index in [2.05, 4.69) is 27.4 Å². The van der Waals surface area contributed by atoms with Gasteiger partial charge >= 0.3 is 0 Å². The van der Waals surface area contributed by atoms with Crippen LogP contribution in [-0.2, 0) is 9.53 Å². The summed E-state index contributed by atoms with van der Waals surface area (Å²) in [5, 5.41) is 3.37. The van der Waals surface area contributed by atoms with Crippen molar-refractivity contribution in [2.24, 2.45) is 4.99 Å². The summed E-state index contributed by atoms with van der Waals surface area (Å²) in [4.78, 5) is 20.8. The van der Waals surface area contributed by atoms with E-state index in [0.29, 0.717) is 0 Å². The van der Waals surface area contributed by atoms with Crippen molar-refractivity contribution < 1.29 is 9.53 Å². The van der Waals surface area contributed by atoms with Gasteiger partial charge in [0.25, 0.3) is 5.91 Å². The molecule has 0 spiro atoms. The van der Waals surface area contributed by atoms with Crippen molar-refractivity contribution in [2.75, 3.05) is 46.4 Å². The minimum atomic E-state index is -0.204. The van der Waals surface area contributed by atoms with E-state index in [4.69, 9.17) is 4.74 Å². The molecule has 2 saturated heterocycles. The zero-order chi connectivity index (χ0) is 15.8. The second-order valence-electron chi connectivity index (χ2n) is 5.65. The van der Waals surface area contributed by atoms with Crippen LogP contribution in [0, 0.1) is 0 Å². The normalized spacial score (nSPS) is 23.4. The minimum Gasteiger partial charge on any atom is -0.368 e. The maximum Gasteiger partial charge on any atom is 0.251 e. The van der Waals surface area contributed by atoms with Gasteiger partial charge in [0.2, 0.25) is 0 Å². The topological polar surface area (TPSA) is 57.2 Å². The number of rotatable bonds is 4. The number of allylic oxidation sites excluding steroid dienone is 1. The summed E-state index contributed by atoms with van der Waals surface area (Å²) in [6.07, 6.45) is 6.85. The smallest absolute Gasteiger partial charge is 0.251 e. The van der Waals surface area contributed by atoms with Crippen molar-refractivity contribution in [1.29, 1.82) is 0 Å². The van der Waals surface area contributed by atoms with Gasteiger partial charge in [-0.25, -0.2) is 0 Å². The quantitative estimate of drug-likeness (QED) is 0.362. The second kappa shape index (κ2) is 8.78. The molecule has 6 nitrogen and oxygen atoms in total. The van der Waals surface area contributed by atoms with Crippen LogP contribution in [0.15, 0.2) is 17.1 Å². The monoisotopic (exact) mass is 308 g/mol. The molecule has 0 bridgehead atoms. The summed E-state index contributed by atoms with van der Waals surface area (Å²) in [5.41, 5.74) is 0. The Bertz CT molecular complexity index is 408. The number of carbonyl (C=O) groups is 1. The summed E-state index contributed by atoms with van der Waals surface area (Å²) in [6, 6.07) is 0. The van der Waals surface area contributed by atoms with Gasteiger partial charge in [-0.2, -0.15) is 0 Å². The molecule has 0 aromatic carbocycles. The Morgan fingerprint density at radius 1 is 1.32 bits per heavy atom. The first-order valence-electron chi connectivity index (χ1n) is 8.23. The van der Waals surface area contributed by atoms with Gasteiger partial charge in [-0.05, 0) is 26.2 Å². The Hall–Kier alpha value is -1.56. The summed E-state index contributed by atoms with van der Waals surface area (Å²) in [7, 11) is 1.81. The number of nitrogens with one attached hydrogen (secondary N) is 1. The Balaban J connectivity index is 1.76. The third kappa shape index (κ3) is 4.47. The highest BCUT2D eigenvalue weighted by Gasteiger charge is 2.30. The molecule has 1 atom stereocenters. The lowest BCUT2D eigenvalue weighted by Gasteiger charge is -2.37. The van der Waals surface area contributed by atoms with E-state index in [1.165, 1.54) is 0 Å². The number of carbonyl (C=O) groups excluding carboxylic acids is 1. The van der Waals surface area contributed by atoms with Crippen LogP contribution in [0.1, 0.15) is 26.2 Å². The van der Waals surface area contributed by atoms with E-state index in [1.807, 2.05) is 18.9 Å². The minimum absolute atomic E-state index is 0.160. The molecule has 0 aliphatic carbocycles. The highest BCUT2D eigenvalue weighted by atomic mass is 16.5. The number of hydrogen-bond donors (Lipinski definition) is 1. The molecule has 6 heteroatoms. The number of guanidine groups is 1. The standard InChI is InChI=1S/C16H28N4O2/c1-3-4-5-8-18-16(17-2)20-11-9-19(10-12-20)15(21)14-7-6-13-22-14/h3-4,14H,5-13H2,1-2H3,(H,17,18). The molecule has 1 N–H and O–H groups in total. The molecule has 2 aliphatic heterocycles. The van der Waals surface area contributed by atoms with Gasteiger partial charge in [0.05, 0.1) is 0 Å². The SMILES string of the molecule is CC=CCCNC(=NC)N1CCN(C(=O)C2CCCO2)CC1.